The van der Waals surface area contributed by atoms with Crippen molar-refractivity contribution in [2.75, 3.05) is 13.1 Å². The predicted octanol–water partition coefficient (Wildman–Crippen LogP) is 2.10. The first-order valence-electron chi connectivity index (χ1n) is 5.45. The number of H-pyrrole nitrogens is 1. The molecule has 0 saturated carbocycles. The first kappa shape index (κ1) is 11.7. The summed E-state index contributed by atoms with van der Waals surface area (Å²) >= 11 is 0. The highest BCUT2D eigenvalue weighted by atomic mass is 15.2. The summed E-state index contributed by atoms with van der Waals surface area (Å²) in [6.45, 7) is 6.09. The van der Waals surface area contributed by atoms with E-state index < -0.39 is 0 Å². The van der Waals surface area contributed by atoms with Gasteiger partial charge in [0.1, 0.15) is 6.04 Å². The molecule has 0 aromatic carbocycles. The molecule has 1 heterocycles. The number of imidazole rings is 1. The Morgan fingerprint density at radius 3 is 2.87 bits per heavy atom. The summed E-state index contributed by atoms with van der Waals surface area (Å²) in [7, 11) is 0. The van der Waals surface area contributed by atoms with Gasteiger partial charge in [0.25, 0.3) is 0 Å². The van der Waals surface area contributed by atoms with E-state index in [-0.39, 0.29) is 6.04 Å². The molecule has 15 heavy (non-hydrogen) atoms. The molecule has 1 unspecified atom stereocenters. The van der Waals surface area contributed by atoms with Crippen LogP contribution in [0, 0.1) is 11.3 Å². The molecule has 0 radical (unpaired) electrons. The summed E-state index contributed by atoms with van der Waals surface area (Å²) in [6, 6.07) is 2.13. The maximum absolute atomic E-state index is 9.16. The molecule has 0 aliphatic carbocycles. The van der Waals surface area contributed by atoms with Gasteiger partial charge in [0.15, 0.2) is 0 Å². The Morgan fingerprint density at radius 1 is 1.60 bits per heavy atom. The predicted molar refractivity (Wildman–Crippen MR) is 59.1 cm³/mol. The maximum atomic E-state index is 9.16. The first-order valence-corrected chi connectivity index (χ1v) is 5.45. The fourth-order valence-electron chi connectivity index (χ4n) is 1.60. The van der Waals surface area contributed by atoms with E-state index in [2.05, 4.69) is 34.8 Å². The number of nitrogens with one attached hydrogen (secondary N) is 1. The molecular formula is C11H18N4. The van der Waals surface area contributed by atoms with Crippen molar-refractivity contribution in [3.63, 3.8) is 0 Å². The van der Waals surface area contributed by atoms with Crippen LogP contribution in [-0.2, 0) is 0 Å². The number of nitriles is 1. The summed E-state index contributed by atoms with van der Waals surface area (Å²) in [5, 5.41) is 9.16. The van der Waals surface area contributed by atoms with Crippen molar-refractivity contribution >= 4 is 0 Å². The van der Waals surface area contributed by atoms with Crippen LogP contribution in [0.1, 0.15) is 38.4 Å². The molecule has 1 aromatic rings. The molecule has 0 fully saturated rings. The smallest absolute Gasteiger partial charge is 0.140 e. The third kappa shape index (κ3) is 3.07. The van der Waals surface area contributed by atoms with E-state index in [1.165, 1.54) is 0 Å². The number of aromatic amines is 1. The number of nitrogens with zero attached hydrogens (tertiary/aromatic N) is 3. The second-order valence-corrected chi connectivity index (χ2v) is 3.52. The van der Waals surface area contributed by atoms with Crippen LogP contribution in [0.2, 0.25) is 0 Å². The van der Waals surface area contributed by atoms with Crippen molar-refractivity contribution in [1.82, 2.24) is 14.9 Å². The van der Waals surface area contributed by atoms with Crippen molar-refractivity contribution in [1.29, 1.82) is 5.26 Å². The van der Waals surface area contributed by atoms with E-state index in [4.69, 9.17) is 5.26 Å². The van der Waals surface area contributed by atoms with E-state index in [9.17, 15) is 0 Å². The lowest BCUT2D eigenvalue weighted by atomic mass is 10.2. The molecule has 1 N–H and O–H groups in total. The minimum atomic E-state index is -0.191. The van der Waals surface area contributed by atoms with Gasteiger partial charge in [0, 0.05) is 0 Å². The largest absolute Gasteiger partial charge is 0.346 e. The number of hydrogen-bond donors (Lipinski definition) is 1. The quantitative estimate of drug-likeness (QED) is 0.775. The van der Waals surface area contributed by atoms with Crippen molar-refractivity contribution < 1.29 is 0 Å². The Labute approximate surface area is 90.9 Å². The molecule has 0 bridgehead atoms. The van der Waals surface area contributed by atoms with Crippen LogP contribution in [0.25, 0.3) is 0 Å². The van der Waals surface area contributed by atoms with Gasteiger partial charge in [-0.1, -0.05) is 20.3 Å². The van der Waals surface area contributed by atoms with Crippen LogP contribution in [0.3, 0.4) is 0 Å². The highest BCUT2D eigenvalue weighted by Crippen LogP contribution is 2.17. The first-order chi connectivity index (χ1) is 7.33. The highest BCUT2D eigenvalue weighted by molar-refractivity contribution is 5.12. The number of unbranched alkanes of at least 4 members (excludes halogenated alkanes) is 1. The lowest BCUT2D eigenvalue weighted by Crippen LogP contribution is -2.29. The van der Waals surface area contributed by atoms with E-state index in [0.717, 1.165) is 31.6 Å². The van der Waals surface area contributed by atoms with Crippen LogP contribution in [0.4, 0.5) is 0 Å². The number of hydrogen-bond acceptors (Lipinski definition) is 3. The molecule has 0 spiro atoms. The average molecular weight is 206 g/mol. The molecule has 1 atom stereocenters. The lowest BCUT2D eigenvalue weighted by molar-refractivity contribution is 0.241. The monoisotopic (exact) mass is 206 g/mol. The van der Waals surface area contributed by atoms with E-state index in [0.29, 0.717) is 0 Å². The van der Waals surface area contributed by atoms with Crippen molar-refractivity contribution in [2.24, 2.45) is 0 Å². The Hall–Kier alpha value is -1.34. The summed E-state index contributed by atoms with van der Waals surface area (Å²) in [4.78, 5) is 9.12. The van der Waals surface area contributed by atoms with Crippen molar-refractivity contribution in [3.05, 3.63) is 18.2 Å². The SMILES string of the molecule is CCCCN(CC)C(C#N)c1cnc[nH]1. The number of aromatic nitrogens is 2. The molecule has 0 aliphatic heterocycles. The van der Waals surface area contributed by atoms with Crippen molar-refractivity contribution in [2.45, 2.75) is 32.7 Å². The van der Waals surface area contributed by atoms with Gasteiger partial charge < -0.3 is 4.98 Å². The minimum absolute atomic E-state index is 0.191. The lowest BCUT2D eigenvalue weighted by Gasteiger charge is -2.24. The summed E-state index contributed by atoms with van der Waals surface area (Å²) in [6.07, 6.45) is 5.62. The number of rotatable bonds is 6. The fraction of sp³-hybridized carbons (Fsp3) is 0.636. The van der Waals surface area contributed by atoms with Gasteiger partial charge in [-0.15, -0.1) is 0 Å². The zero-order valence-corrected chi connectivity index (χ0v) is 9.40. The van der Waals surface area contributed by atoms with Gasteiger partial charge in [-0.05, 0) is 19.5 Å². The second-order valence-electron chi connectivity index (χ2n) is 3.52. The Kier molecular flexibility index (Phi) is 4.85. The van der Waals surface area contributed by atoms with Gasteiger partial charge >= 0.3 is 0 Å². The van der Waals surface area contributed by atoms with Crippen LogP contribution in [0.15, 0.2) is 12.5 Å². The summed E-state index contributed by atoms with van der Waals surface area (Å²) in [5.74, 6) is 0. The van der Waals surface area contributed by atoms with Crippen LogP contribution in [0.5, 0.6) is 0 Å². The Morgan fingerprint density at radius 2 is 2.40 bits per heavy atom. The molecule has 1 rings (SSSR count). The molecule has 0 amide bonds. The highest BCUT2D eigenvalue weighted by Gasteiger charge is 2.18. The zero-order chi connectivity index (χ0) is 11.1. The average Bonchev–Trinajstić information content (AvgIpc) is 2.77. The normalized spacial score (nSPS) is 12.7. The Bertz CT molecular complexity index is 299. The molecule has 82 valence electrons. The summed E-state index contributed by atoms with van der Waals surface area (Å²) in [5.41, 5.74) is 0.885. The van der Waals surface area contributed by atoms with Crippen LogP contribution >= 0.6 is 0 Å². The zero-order valence-electron chi connectivity index (χ0n) is 9.40. The molecule has 0 aliphatic rings. The molecule has 0 saturated heterocycles. The molecule has 1 aromatic heterocycles. The van der Waals surface area contributed by atoms with Gasteiger partial charge in [-0.2, -0.15) is 5.26 Å². The van der Waals surface area contributed by atoms with Gasteiger partial charge in [0.05, 0.1) is 24.3 Å². The fourth-order valence-corrected chi connectivity index (χ4v) is 1.60. The van der Waals surface area contributed by atoms with E-state index >= 15 is 0 Å². The van der Waals surface area contributed by atoms with Gasteiger partial charge in [-0.3, -0.25) is 4.90 Å². The molecular weight excluding hydrogens is 188 g/mol. The third-order valence-corrected chi connectivity index (χ3v) is 2.51. The molecule has 4 nitrogen and oxygen atoms in total. The Balaban J connectivity index is 2.68. The van der Waals surface area contributed by atoms with Crippen LogP contribution in [-0.4, -0.2) is 28.0 Å². The van der Waals surface area contributed by atoms with Gasteiger partial charge in [-0.25, -0.2) is 4.98 Å². The minimum Gasteiger partial charge on any atom is -0.346 e. The van der Waals surface area contributed by atoms with Crippen LogP contribution < -0.4 is 0 Å². The molecule has 4 heteroatoms. The van der Waals surface area contributed by atoms with Gasteiger partial charge in [0.2, 0.25) is 0 Å². The standard InChI is InChI=1S/C11H18N4/c1-3-5-6-15(4-2)11(7-12)10-8-13-9-14-10/h8-9,11H,3-6H2,1-2H3,(H,13,14). The second kappa shape index (κ2) is 6.20. The van der Waals surface area contributed by atoms with E-state index in [1.807, 2.05) is 0 Å². The topological polar surface area (TPSA) is 55.7 Å². The third-order valence-electron chi connectivity index (χ3n) is 2.51. The van der Waals surface area contributed by atoms with E-state index in [1.54, 1.807) is 12.5 Å². The maximum Gasteiger partial charge on any atom is 0.140 e. The summed E-state index contributed by atoms with van der Waals surface area (Å²) < 4.78 is 0. The van der Waals surface area contributed by atoms with Crippen molar-refractivity contribution in [3.8, 4) is 6.07 Å².